The molecule has 0 aliphatic carbocycles. The van der Waals surface area contributed by atoms with Gasteiger partial charge in [-0.05, 0) is 13.0 Å². The first-order valence-electron chi connectivity index (χ1n) is 5.34. The minimum absolute atomic E-state index is 0.116. The van der Waals surface area contributed by atoms with Gasteiger partial charge in [0, 0.05) is 6.07 Å². The summed E-state index contributed by atoms with van der Waals surface area (Å²) in [6.07, 6.45) is 1.23. The van der Waals surface area contributed by atoms with Gasteiger partial charge in [-0.3, -0.25) is 9.78 Å². The summed E-state index contributed by atoms with van der Waals surface area (Å²) in [7, 11) is 0. The Morgan fingerprint density at radius 1 is 1.47 bits per heavy atom. The maximum Gasteiger partial charge on any atom is 0.334 e. The van der Waals surface area contributed by atoms with Gasteiger partial charge in [-0.15, -0.1) is 0 Å². The van der Waals surface area contributed by atoms with Crippen LogP contribution in [0.5, 0.6) is 5.88 Å². The molecule has 0 saturated heterocycles. The number of hydrogen-bond donors (Lipinski definition) is 1. The van der Waals surface area contributed by atoms with Crippen molar-refractivity contribution in [2.24, 2.45) is 0 Å². The van der Waals surface area contributed by atoms with E-state index in [2.05, 4.69) is 4.98 Å². The normalized spacial score (nSPS) is 10.5. The van der Waals surface area contributed by atoms with Crippen LogP contribution in [0.25, 0.3) is 5.69 Å². The standard InChI is InChI=1S/C11H9ClFN3O3/c1-2-19-7-4-3-6(5-14-7)16-10(17)8(13)9(12)15-11(16)18/h3-5H,2H2,1H3,(H,15,18). The van der Waals surface area contributed by atoms with Crippen LogP contribution in [0.2, 0.25) is 5.15 Å². The van der Waals surface area contributed by atoms with Crippen molar-refractivity contribution in [3.63, 3.8) is 0 Å². The molecule has 0 fully saturated rings. The highest BCUT2D eigenvalue weighted by molar-refractivity contribution is 6.29. The third kappa shape index (κ3) is 2.50. The Kier molecular flexibility index (Phi) is 3.66. The molecule has 2 aromatic rings. The molecule has 6 nitrogen and oxygen atoms in total. The van der Waals surface area contributed by atoms with Gasteiger partial charge in [-0.2, -0.15) is 4.39 Å². The van der Waals surface area contributed by atoms with Crippen molar-refractivity contribution in [3.8, 4) is 11.6 Å². The van der Waals surface area contributed by atoms with E-state index in [1.807, 2.05) is 4.98 Å². The summed E-state index contributed by atoms with van der Waals surface area (Å²) in [4.78, 5) is 29.2. The molecule has 0 atom stereocenters. The maximum absolute atomic E-state index is 13.4. The number of aromatic nitrogens is 3. The van der Waals surface area contributed by atoms with Crippen LogP contribution >= 0.6 is 11.6 Å². The molecule has 0 amide bonds. The second-order valence-electron chi connectivity index (χ2n) is 3.49. The fraction of sp³-hybridized carbons (Fsp3) is 0.182. The Hall–Kier alpha value is -2.15. The first-order valence-corrected chi connectivity index (χ1v) is 5.72. The first kappa shape index (κ1) is 13.3. The minimum atomic E-state index is -1.23. The van der Waals surface area contributed by atoms with Crippen LogP contribution in [0.1, 0.15) is 6.92 Å². The average molecular weight is 286 g/mol. The minimum Gasteiger partial charge on any atom is -0.478 e. The van der Waals surface area contributed by atoms with E-state index < -0.39 is 22.2 Å². The second-order valence-corrected chi connectivity index (χ2v) is 3.86. The molecular formula is C11H9ClFN3O3. The van der Waals surface area contributed by atoms with Gasteiger partial charge in [0.15, 0.2) is 5.15 Å². The number of hydrogen-bond acceptors (Lipinski definition) is 4. The molecule has 19 heavy (non-hydrogen) atoms. The predicted octanol–water partition coefficient (Wildman–Crippen LogP) is 1.11. The zero-order valence-corrected chi connectivity index (χ0v) is 10.6. The molecule has 100 valence electrons. The number of nitrogens with one attached hydrogen (secondary N) is 1. The van der Waals surface area contributed by atoms with E-state index in [1.54, 1.807) is 6.92 Å². The molecule has 0 aliphatic rings. The quantitative estimate of drug-likeness (QED) is 0.857. The Bertz CT molecular complexity index is 709. The van der Waals surface area contributed by atoms with Crippen LogP contribution in [0.15, 0.2) is 27.9 Å². The van der Waals surface area contributed by atoms with Crippen LogP contribution in [0.3, 0.4) is 0 Å². The van der Waals surface area contributed by atoms with Gasteiger partial charge in [0.05, 0.1) is 18.5 Å². The predicted molar refractivity (Wildman–Crippen MR) is 66.6 cm³/mol. The number of pyridine rings is 1. The number of rotatable bonds is 3. The van der Waals surface area contributed by atoms with Crippen LogP contribution in [0, 0.1) is 5.82 Å². The summed E-state index contributed by atoms with van der Waals surface area (Å²) < 4.78 is 19.1. The van der Waals surface area contributed by atoms with Crippen molar-refractivity contribution >= 4 is 11.6 Å². The SMILES string of the molecule is CCOc1ccc(-n2c(=O)[nH]c(Cl)c(F)c2=O)cn1. The van der Waals surface area contributed by atoms with Gasteiger partial charge >= 0.3 is 5.69 Å². The number of aromatic amines is 1. The number of ether oxygens (including phenoxy) is 1. The van der Waals surface area contributed by atoms with Crippen molar-refractivity contribution < 1.29 is 9.13 Å². The molecule has 0 bridgehead atoms. The largest absolute Gasteiger partial charge is 0.478 e. The van der Waals surface area contributed by atoms with Gasteiger partial charge < -0.3 is 4.74 Å². The zero-order chi connectivity index (χ0) is 14.0. The van der Waals surface area contributed by atoms with E-state index in [4.69, 9.17) is 16.3 Å². The Labute approximate surface area is 111 Å². The van der Waals surface area contributed by atoms with Crippen molar-refractivity contribution in [2.75, 3.05) is 6.61 Å². The molecule has 0 unspecified atom stereocenters. The highest BCUT2D eigenvalue weighted by Crippen LogP contribution is 2.10. The van der Waals surface area contributed by atoms with Crippen molar-refractivity contribution in [2.45, 2.75) is 6.92 Å². The molecule has 0 aliphatic heterocycles. The molecule has 0 saturated carbocycles. The molecule has 0 aromatic carbocycles. The fourth-order valence-electron chi connectivity index (χ4n) is 1.46. The number of nitrogens with zero attached hydrogens (tertiary/aromatic N) is 2. The van der Waals surface area contributed by atoms with Crippen molar-refractivity contribution in [1.82, 2.24) is 14.5 Å². The van der Waals surface area contributed by atoms with E-state index in [0.29, 0.717) is 17.1 Å². The molecule has 1 N–H and O–H groups in total. The van der Waals surface area contributed by atoms with E-state index in [9.17, 15) is 14.0 Å². The Morgan fingerprint density at radius 2 is 2.21 bits per heavy atom. The maximum atomic E-state index is 13.4. The summed E-state index contributed by atoms with van der Waals surface area (Å²) in [5.74, 6) is -0.889. The monoisotopic (exact) mass is 285 g/mol. The van der Waals surface area contributed by atoms with Crippen LogP contribution in [-0.2, 0) is 0 Å². The van der Waals surface area contributed by atoms with Gasteiger partial charge in [0.25, 0.3) is 5.56 Å². The van der Waals surface area contributed by atoms with E-state index >= 15 is 0 Å². The lowest BCUT2D eigenvalue weighted by molar-refractivity contribution is 0.327. The van der Waals surface area contributed by atoms with Crippen LogP contribution in [-0.4, -0.2) is 21.1 Å². The summed E-state index contributed by atoms with van der Waals surface area (Å²) in [6, 6.07) is 2.89. The topological polar surface area (TPSA) is 77.0 Å². The molecule has 8 heteroatoms. The average Bonchev–Trinajstić information content (AvgIpc) is 2.38. The van der Waals surface area contributed by atoms with E-state index in [0.717, 1.165) is 0 Å². The number of halogens is 2. The molecular weight excluding hydrogens is 277 g/mol. The summed E-state index contributed by atoms with van der Waals surface area (Å²) in [6.45, 7) is 2.22. The third-order valence-corrected chi connectivity index (χ3v) is 2.53. The van der Waals surface area contributed by atoms with Gasteiger partial charge in [-0.25, -0.2) is 14.3 Å². The number of H-pyrrole nitrogens is 1. The van der Waals surface area contributed by atoms with Gasteiger partial charge in [-0.1, -0.05) is 11.6 Å². The third-order valence-electron chi connectivity index (χ3n) is 2.27. The van der Waals surface area contributed by atoms with Gasteiger partial charge in [0.1, 0.15) is 0 Å². The van der Waals surface area contributed by atoms with Crippen molar-refractivity contribution in [3.05, 3.63) is 50.1 Å². The van der Waals surface area contributed by atoms with Crippen LogP contribution < -0.4 is 16.0 Å². The Balaban J connectivity index is 2.56. The lowest BCUT2D eigenvalue weighted by atomic mass is 10.4. The summed E-state index contributed by atoms with van der Waals surface area (Å²) in [5.41, 5.74) is -1.87. The summed E-state index contributed by atoms with van der Waals surface area (Å²) in [5, 5.41) is -0.620. The highest BCUT2D eigenvalue weighted by atomic mass is 35.5. The zero-order valence-electron chi connectivity index (χ0n) is 9.81. The lowest BCUT2D eigenvalue weighted by Gasteiger charge is -2.06. The Morgan fingerprint density at radius 3 is 2.79 bits per heavy atom. The smallest absolute Gasteiger partial charge is 0.334 e. The second kappa shape index (κ2) is 5.23. The molecule has 2 aromatic heterocycles. The summed E-state index contributed by atoms with van der Waals surface area (Å²) >= 11 is 5.37. The molecule has 2 rings (SSSR count). The van der Waals surface area contributed by atoms with E-state index in [1.165, 1.54) is 18.3 Å². The van der Waals surface area contributed by atoms with Crippen molar-refractivity contribution in [1.29, 1.82) is 0 Å². The van der Waals surface area contributed by atoms with Gasteiger partial charge in [0.2, 0.25) is 11.7 Å². The first-order chi connectivity index (χ1) is 9.04. The molecule has 0 radical (unpaired) electrons. The highest BCUT2D eigenvalue weighted by Gasteiger charge is 2.13. The van der Waals surface area contributed by atoms with Crippen LogP contribution in [0.4, 0.5) is 4.39 Å². The molecule has 2 heterocycles. The van der Waals surface area contributed by atoms with E-state index in [-0.39, 0.29) is 5.69 Å². The molecule has 0 spiro atoms. The fourth-order valence-corrected chi connectivity index (χ4v) is 1.62. The lowest BCUT2D eigenvalue weighted by Crippen LogP contribution is -2.35.